The van der Waals surface area contributed by atoms with E-state index in [0.29, 0.717) is 0 Å². The minimum Gasteiger partial charge on any atom is -0.490 e. The molecule has 0 aromatic heterocycles. The molecule has 0 bridgehead atoms. The maximum atomic E-state index is 5.45. The first-order valence-electron chi connectivity index (χ1n) is 4.38. The zero-order chi connectivity index (χ0) is 9.68. The molecule has 1 aliphatic heterocycles. The second-order valence-electron chi connectivity index (χ2n) is 2.74. The molecule has 3 nitrogen and oxygen atoms in total. The molecule has 0 radical (unpaired) electrons. The molecule has 0 atom stereocenters. The Morgan fingerprint density at radius 2 is 2.00 bits per heavy atom. The molecule has 1 aliphatic rings. The zero-order valence-corrected chi connectivity index (χ0v) is 8.16. The molecule has 13 heavy (non-hydrogen) atoms. The number of likely N-dealkylation sites (N-methyl/N-ethyl adjacent to an activating group) is 1. The third-order valence-corrected chi connectivity index (χ3v) is 1.96. The number of nitrogens with two attached hydrogens (primary N) is 1. The molecule has 2 rings (SSSR count). The van der Waals surface area contributed by atoms with E-state index in [9.17, 15) is 0 Å². The van der Waals surface area contributed by atoms with Gasteiger partial charge in [-0.05, 0) is 19.2 Å². The van der Waals surface area contributed by atoms with Crippen molar-refractivity contribution >= 4 is 5.69 Å². The second kappa shape index (κ2) is 4.72. The molecule has 72 valence electrons. The van der Waals surface area contributed by atoms with Gasteiger partial charge >= 0.3 is 0 Å². The minimum atomic E-state index is 0.799. The lowest BCUT2D eigenvalue weighted by Crippen LogP contribution is -2.28. The molecule has 0 spiro atoms. The standard InChI is InChI=1S/C9H11NO.CH5N/c1-10-6-7-11-9-5-3-2-4-8(9)10;1-2/h2-5H,6-7H2,1H3;2H2,1H3. The Morgan fingerprint density at radius 3 is 2.69 bits per heavy atom. The van der Waals surface area contributed by atoms with Crippen molar-refractivity contribution in [1.29, 1.82) is 0 Å². The Morgan fingerprint density at radius 1 is 1.31 bits per heavy atom. The van der Waals surface area contributed by atoms with Crippen LogP contribution in [0.15, 0.2) is 24.3 Å². The van der Waals surface area contributed by atoms with Crippen LogP contribution in [-0.2, 0) is 0 Å². The Kier molecular flexibility index (Phi) is 3.58. The molecule has 2 N–H and O–H groups in total. The van der Waals surface area contributed by atoms with Gasteiger partial charge in [0.1, 0.15) is 12.4 Å². The predicted octanol–water partition coefficient (Wildman–Crippen LogP) is 1.09. The van der Waals surface area contributed by atoms with E-state index in [1.165, 1.54) is 12.7 Å². The summed E-state index contributed by atoms with van der Waals surface area (Å²) in [5, 5.41) is 0. The molecular formula is C10H16N2O. The van der Waals surface area contributed by atoms with Gasteiger partial charge in [-0.15, -0.1) is 0 Å². The van der Waals surface area contributed by atoms with Crippen molar-refractivity contribution in [3.8, 4) is 5.75 Å². The highest BCUT2D eigenvalue weighted by atomic mass is 16.5. The topological polar surface area (TPSA) is 38.5 Å². The smallest absolute Gasteiger partial charge is 0.142 e. The lowest BCUT2D eigenvalue weighted by atomic mass is 10.2. The number of hydrogen-bond acceptors (Lipinski definition) is 3. The van der Waals surface area contributed by atoms with Gasteiger partial charge in [-0.1, -0.05) is 12.1 Å². The van der Waals surface area contributed by atoms with Crippen LogP contribution < -0.4 is 15.4 Å². The predicted molar refractivity (Wildman–Crippen MR) is 55.3 cm³/mol. The summed E-state index contributed by atoms with van der Waals surface area (Å²) >= 11 is 0. The minimum absolute atomic E-state index is 0.799. The van der Waals surface area contributed by atoms with Crippen molar-refractivity contribution in [2.24, 2.45) is 5.73 Å². The highest BCUT2D eigenvalue weighted by Crippen LogP contribution is 2.29. The van der Waals surface area contributed by atoms with Gasteiger partial charge in [0.15, 0.2) is 0 Å². The molecule has 1 heterocycles. The highest BCUT2D eigenvalue weighted by Gasteiger charge is 2.12. The first kappa shape index (κ1) is 9.86. The van der Waals surface area contributed by atoms with Gasteiger partial charge in [-0.25, -0.2) is 0 Å². The third kappa shape index (κ3) is 2.12. The van der Waals surface area contributed by atoms with Crippen LogP contribution in [0.2, 0.25) is 0 Å². The van der Waals surface area contributed by atoms with Crippen LogP contribution in [0.4, 0.5) is 5.69 Å². The van der Waals surface area contributed by atoms with E-state index in [4.69, 9.17) is 4.74 Å². The van der Waals surface area contributed by atoms with Crippen LogP contribution in [0.3, 0.4) is 0 Å². The third-order valence-electron chi connectivity index (χ3n) is 1.96. The van der Waals surface area contributed by atoms with Crippen molar-refractivity contribution in [2.75, 3.05) is 32.1 Å². The SMILES string of the molecule is CN.CN1CCOc2ccccc21. The van der Waals surface area contributed by atoms with Gasteiger partial charge in [0, 0.05) is 7.05 Å². The fraction of sp³-hybridized carbons (Fsp3) is 0.400. The van der Waals surface area contributed by atoms with E-state index in [1.54, 1.807) is 0 Å². The van der Waals surface area contributed by atoms with Crippen LogP contribution in [0.5, 0.6) is 5.75 Å². The fourth-order valence-electron chi connectivity index (χ4n) is 1.31. The summed E-state index contributed by atoms with van der Waals surface area (Å²) in [6.07, 6.45) is 0. The summed E-state index contributed by atoms with van der Waals surface area (Å²) in [6.45, 7) is 1.78. The summed E-state index contributed by atoms with van der Waals surface area (Å²) in [5.41, 5.74) is 5.69. The number of para-hydroxylation sites is 2. The van der Waals surface area contributed by atoms with Crippen LogP contribution >= 0.6 is 0 Å². The Bertz CT molecular complexity index is 263. The summed E-state index contributed by atoms with van der Waals surface area (Å²) < 4.78 is 5.45. The first-order valence-corrected chi connectivity index (χ1v) is 4.38. The summed E-state index contributed by atoms with van der Waals surface area (Å²) in [6, 6.07) is 8.11. The molecule has 0 fully saturated rings. The Hall–Kier alpha value is -1.22. The first-order chi connectivity index (χ1) is 6.38. The summed E-state index contributed by atoms with van der Waals surface area (Å²) in [5.74, 6) is 1.00. The van der Waals surface area contributed by atoms with Gasteiger partial charge in [-0.3, -0.25) is 0 Å². The lowest BCUT2D eigenvalue weighted by molar-refractivity contribution is 0.311. The average Bonchev–Trinajstić information content (AvgIpc) is 2.22. The van der Waals surface area contributed by atoms with Crippen LogP contribution in [0, 0.1) is 0 Å². The second-order valence-corrected chi connectivity index (χ2v) is 2.74. The maximum absolute atomic E-state index is 5.45. The van der Waals surface area contributed by atoms with Crippen LogP contribution in [0.1, 0.15) is 0 Å². The van der Waals surface area contributed by atoms with E-state index >= 15 is 0 Å². The van der Waals surface area contributed by atoms with Crippen molar-refractivity contribution in [1.82, 2.24) is 0 Å². The molecular weight excluding hydrogens is 164 g/mol. The number of hydrogen-bond donors (Lipinski definition) is 1. The fourth-order valence-corrected chi connectivity index (χ4v) is 1.31. The number of benzene rings is 1. The lowest BCUT2D eigenvalue weighted by Gasteiger charge is -2.27. The van der Waals surface area contributed by atoms with Gasteiger partial charge in [0.25, 0.3) is 0 Å². The molecule has 3 heteroatoms. The van der Waals surface area contributed by atoms with Crippen LogP contribution in [-0.4, -0.2) is 27.2 Å². The summed E-state index contributed by atoms with van der Waals surface area (Å²) in [7, 11) is 3.58. The maximum Gasteiger partial charge on any atom is 0.142 e. The van der Waals surface area contributed by atoms with Gasteiger partial charge < -0.3 is 15.4 Å². The van der Waals surface area contributed by atoms with Crippen molar-refractivity contribution in [3.63, 3.8) is 0 Å². The van der Waals surface area contributed by atoms with E-state index in [0.717, 1.165) is 18.9 Å². The Balaban J connectivity index is 0.000000396. The van der Waals surface area contributed by atoms with Crippen molar-refractivity contribution in [3.05, 3.63) is 24.3 Å². The van der Waals surface area contributed by atoms with Crippen LogP contribution in [0.25, 0.3) is 0 Å². The summed E-state index contributed by atoms with van der Waals surface area (Å²) in [4.78, 5) is 2.21. The largest absolute Gasteiger partial charge is 0.490 e. The number of anilines is 1. The average molecular weight is 180 g/mol. The Labute approximate surface area is 79.1 Å². The van der Waals surface area contributed by atoms with E-state index < -0.39 is 0 Å². The van der Waals surface area contributed by atoms with E-state index in [1.807, 2.05) is 18.2 Å². The van der Waals surface area contributed by atoms with E-state index in [-0.39, 0.29) is 0 Å². The number of rotatable bonds is 0. The number of nitrogens with zero attached hydrogens (tertiary/aromatic N) is 1. The van der Waals surface area contributed by atoms with Gasteiger partial charge in [-0.2, -0.15) is 0 Å². The quantitative estimate of drug-likeness (QED) is 0.649. The monoisotopic (exact) mass is 180 g/mol. The van der Waals surface area contributed by atoms with Crippen molar-refractivity contribution < 1.29 is 4.74 Å². The molecule has 0 unspecified atom stereocenters. The molecule has 0 saturated heterocycles. The van der Waals surface area contributed by atoms with Crippen molar-refractivity contribution in [2.45, 2.75) is 0 Å². The van der Waals surface area contributed by atoms with E-state index in [2.05, 4.69) is 23.7 Å². The normalized spacial score (nSPS) is 13.6. The zero-order valence-electron chi connectivity index (χ0n) is 8.16. The molecule has 0 aliphatic carbocycles. The van der Waals surface area contributed by atoms with Gasteiger partial charge in [0.05, 0.1) is 12.2 Å². The number of ether oxygens (including phenoxy) is 1. The number of fused-ring (bicyclic) bond motifs is 1. The molecule has 0 saturated carbocycles. The van der Waals surface area contributed by atoms with Gasteiger partial charge in [0.2, 0.25) is 0 Å². The molecule has 1 aromatic carbocycles. The molecule has 1 aromatic rings. The highest BCUT2D eigenvalue weighted by molar-refractivity contribution is 5.58. The molecule has 0 amide bonds.